The molecule has 0 spiro atoms. The zero-order valence-corrected chi connectivity index (χ0v) is 16.3. The molecule has 0 amide bonds. The highest BCUT2D eigenvalue weighted by atomic mass is 16.1. The number of nitriles is 1. The third-order valence-corrected chi connectivity index (χ3v) is 4.63. The maximum absolute atomic E-state index is 13.6. The van der Waals surface area contributed by atoms with E-state index in [4.69, 9.17) is 0 Å². The van der Waals surface area contributed by atoms with Crippen LogP contribution in [0.25, 0.3) is 22.4 Å². The zero-order valence-electron chi connectivity index (χ0n) is 16.3. The molecule has 7 nitrogen and oxygen atoms in total. The van der Waals surface area contributed by atoms with E-state index in [1.165, 1.54) is 9.25 Å². The second-order valence-electron chi connectivity index (χ2n) is 6.74. The molecule has 0 aliphatic carbocycles. The molecule has 0 bridgehead atoms. The van der Waals surface area contributed by atoms with Gasteiger partial charge in [-0.1, -0.05) is 42.8 Å². The van der Waals surface area contributed by atoms with Crippen LogP contribution in [0.3, 0.4) is 0 Å². The molecule has 4 aromatic rings. The molecule has 0 fully saturated rings. The minimum Gasteiger partial charge on any atom is -0.355 e. The molecule has 0 atom stereocenters. The SMILES string of the molecule is CCCNc1nc2c(C#N)nn(-c3ccc(C)cc3)c2c(=O)n1-c1ccccc1. The number of rotatable bonds is 5. The highest BCUT2D eigenvalue weighted by molar-refractivity contribution is 5.82. The van der Waals surface area contributed by atoms with E-state index < -0.39 is 0 Å². The van der Waals surface area contributed by atoms with E-state index >= 15 is 0 Å². The number of anilines is 1. The summed E-state index contributed by atoms with van der Waals surface area (Å²) in [5, 5.41) is 17.2. The predicted molar refractivity (Wildman–Crippen MR) is 113 cm³/mol. The van der Waals surface area contributed by atoms with Gasteiger partial charge in [-0.05, 0) is 37.6 Å². The number of nitrogens with one attached hydrogen (secondary N) is 1. The second-order valence-corrected chi connectivity index (χ2v) is 6.74. The molecule has 0 aliphatic heterocycles. The molecule has 2 heterocycles. The van der Waals surface area contributed by atoms with Crippen molar-refractivity contribution in [1.29, 1.82) is 5.26 Å². The van der Waals surface area contributed by atoms with Gasteiger partial charge in [-0.15, -0.1) is 0 Å². The first-order valence-corrected chi connectivity index (χ1v) is 9.46. The van der Waals surface area contributed by atoms with E-state index in [0.29, 0.717) is 29.4 Å². The molecule has 0 unspecified atom stereocenters. The van der Waals surface area contributed by atoms with Gasteiger partial charge in [0.2, 0.25) is 5.95 Å². The monoisotopic (exact) mass is 384 g/mol. The molecule has 144 valence electrons. The van der Waals surface area contributed by atoms with Crippen molar-refractivity contribution in [3.63, 3.8) is 0 Å². The maximum atomic E-state index is 13.6. The Morgan fingerprint density at radius 2 is 1.79 bits per heavy atom. The minimum absolute atomic E-state index is 0.123. The van der Waals surface area contributed by atoms with Crippen molar-refractivity contribution in [3.05, 3.63) is 76.2 Å². The Morgan fingerprint density at radius 1 is 1.07 bits per heavy atom. The lowest BCUT2D eigenvalue weighted by molar-refractivity contribution is 0.873. The fraction of sp³-hybridized carbons (Fsp3) is 0.182. The molecule has 2 aromatic carbocycles. The molecule has 2 aromatic heterocycles. The van der Waals surface area contributed by atoms with Crippen LogP contribution in [0.5, 0.6) is 0 Å². The van der Waals surface area contributed by atoms with Crippen LogP contribution in [0.15, 0.2) is 59.4 Å². The number of nitrogens with zero attached hydrogens (tertiary/aromatic N) is 5. The number of benzene rings is 2. The Hall–Kier alpha value is -3.92. The fourth-order valence-corrected chi connectivity index (χ4v) is 3.19. The van der Waals surface area contributed by atoms with Gasteiger partial charge in [0.15, 0.2) is 11.2 Å². The van der Waals surface area contributed by atoms with Gasteiger partial charge in [0.05, 0.1) is 11.4 Å². The molecule has 1 N–H and O–H groups in total. The highest BCUT2D eigenvalue weighted by Gasteiger charge is 2.21. The van der Waals surface area contributed by atoms with Crippen LogP contribution in [0.4, 0.5) is 5.95 Å². The summed E-state index contributed by atoms with van der Waals surface area (Å²) in [5.41, 5.74) is 2.90. The van der Waals surface area contributed by atoms with Gasteiger partial charge in [-0.2, -0.15) is 10.4 Å². The average molecular weight is 384 g/mol. The third kappa shape index (κ3) is 3.25. The number of fused-ring (bicyclic) bond motifs is 1. The summed E-state index contributed by atoms with van der Waals surface area (Å²) < 4.78 is 3.04. The van der Waals surface area contributed by atoms with Gasteiger partial charge < -0.3 is 5.32 Å². The topological polar surface area (TPSA) is 88.5 Å². The molecule has 0 saturated heterocycles. The van der Waals surface area contributed by atoms with Crippen LogP contribution in [0.1, 0.15) is 24.6 Å². The Kier molecular flexibility index (Phi) is 4.83. The van der Waals surface area contributed by atoms with Crippen molar-refractivity contribution in [1.82, 2.24) is 19.3 Å². The van der Waals surface area contributed by atoms with Crippen molar-refractivity contribution < 1.29 is 0 Å². The highest BCUT2D eigenvalue weighted by Crippen LogP contribution is 2.22. The smallest absolute Gasteiger partial charge is 0.286 e. The Bertz CT molecular complexity index is 1260. The predicted octanol–water partition coefficient (Wildman–Crippen LogP) is 3.57. The lowest BCUT2D eigenvalue weighted by Gasteiger charge is -2.14. The van der Waals surface area contributed by atoms with Crippen molar-refractivity contribution >= 4 is 17.0 Å². The van der Waals surface area contributed by atoms with E-state index in [0.717, 1.165) is 12.0 Å². The number of aromatic nitrogens is 4. The summed E-state index contributed by atoms with van der Waals surface area (Å²) in [6.07, 6.45) is 0.871. The van der Waals surface area contributed by atoms with E-state index in [2.05, 4.69) is 21.5 Å². The Labute approximate surface area is 167 Å². The minimum atomic E-state index is -0.283. The number of hydrogen-bond donors (Lipinski definition) is 1. The van der Waals surface area contributed by atoms with Crippen molar-refractivity contribution in [3.8, 4) is 17.4 Å². The van der Waals surface area contributed by atoms with Crippen LogP contribution >= 0.6 is 0 Å². The van der Waals surface area contributed by atoms with Gasteiger partial charge in [-0.3, -0.25) is 4.79 Å². The number of hydrogen-bond acceptors (Lipinski definition) is 5. The zero-order chi connectivity index (χ0) is 20.4. The second kappa shape index (κ2) is 7.60. The lowest BCUT2D eigenvalue weighted by atomic mass is 10.2. The first-order valence-electron chi connectivity index (χ1n) is 9.46. The largest absolute Gasteiger partial charge is 0.355 e. The van der Waals surface area contributed by atoms with Gasteiger partial charge in [-0.25, -0.2) is 14.2 Å². The summed E-state index contributed by atoms with van der Waals surface area (Å²) in [6.45, 7) is 4.67. The first kappa shape index (κ1) is 18.4. The van der Waals surface area contributed by atoms with Crippen LogP contribution in [-0.4, -0.2) is 25.9 Å². The van der Waals surface area contributed by atoms with Gasteiger partial charge in [0, 0.05) is 6.54 Å². The molecule has 4 rings (SSSR count). The molecular formula is C22H20N6O. The molecule has 29 heavy (non-hydrogen) atoms. The van der Waals surface area contributed by atoms with E-state index in [1.807, 2.05) is 68.4 Å². The maximum Gasteiger partial charge on any atom is 0.286 e. The van der Waals surface area contributed by atoms with Crippen LogP contribution in [-0.2, 0) is 0 Å². The summed E-state index contributed by atoms with van der Waals surface area (Å²) >= 11 is 0. The summed E-state index contributed by atoms with van der Waals surface area (Å²) in [7, 11) is 0. The van der Waals surface area contributed by atoms with Crippen molar-refractivity contribution in [2.75, 3.05) is 11.9 Å². The van der Waals surface area contributed by atoms with E-state index in [9.17, 15) is 10.1 Å². The average Bonchev–Trinajstić information content (AvgIpc) is 3.12. The summed E-state index contributed by atoms with van der Waals surface area (Å²) in [4.78, 5) is 18.2. The van der Waals surface area contributed by atoms with Crippen LogP contribution in [0.2, 0.25) is 0 Å². The molecular weight excluding hydrogens is 364 g/mol. The van der Waals surface area contributed by atoms with E-state index in [-0.39, 0.29) is 16.8 Å². The standard InChI is InChI=1S/C22H20N6O/c1-3-13-24-22-25-19-18(14-23)26-28(17-11-9-15(2)10-12-17)20(19)21(29)27(22)16-7-5-4-6-8-16/h4-12H,3,13H2,1-2H3,(H,24,25). The van der Waals surface area contributed by atoms with Crippen molar-refractivity contribution in [2.45, 2.75) is 20.3 Å². The molecule has 0 aliphatic rings. The molecule has 7 heteroatoms. The fourth-order valence-electron chi connectivity index (χ4n) is 3.19. The summed E-state index contributed by atoms with van der Waals surface area (Å²) in [6, 6.07) is 19.0. The van der Waals surface area contributed by atoms with E-state index in [1.54, 1.807) is 0 Å². The number of aryl methyl sites for hydroxylation is 1. The number of para-hydroxylation sites is 1. The van der Waals surface area contributed by atoms with Crippen molar-refractivity contribution in [2.24, 2.45) is 0 Å². The third-order valence-electron chi connectivity index (χ3n) is 4.63. The first-order chi connectivity index (χ1) is 14.1. The lowest BCUT2D eigenvalue weighted by Crippen LogP contribution is -2.25. The van der Waals surface area contributed by atoms with Crippen LogP contribution < -0.4 is 10.9 Å². The van der Waals surface area contributed by atoms with Gasteiger partial charge >= 0.3 is 0 Å². The molecule has 0 radical (unpaired) electrons. The quantitative estimate of drug-likeness (QED) is 0.568. The van der Waals surface area contributed by atoms with Crippen LogP contribution in [0, 0.1) is 18.3 Å². The summed E-state index contributed by atoms with van der Waals surface area (Å²) in [5.74, 6) is 0.399. The Morgan fingerprint density at radius 3 is 2.45 bits per heavy atom. The molecule has 0 saturated carbocycles. The Balaban J connectivity index is 2.07. The van der Waals surface area contributed by atoms with Gasteiger partial charge in [0.25, 0.3) is 5.56 Å². The normalized spacial score (nSPS) is 10.8. The van der Waals surface area contributed by atoms with Gasteiger partial charge in [0.1, 0.15) is 11.6 Å².